The van der Waals surface area contributed by atoms with E-state index in [1.807, 2.05) is 18.2 Å². The van der Waals surface area contributed by atoms with E-state index in [0.717, 1.165) is 19.3 Å². The average molecular weight is 440 g/mol. The predicted octanol–water partition coefficient (Wildman–Crippen LogP) is 4.74. The number of fused-ring (bicyclic) bond motifs is 1. The van der Waals surface area contributed by atoms with Gasteiger partial charge in [-0.2, -0.15) is 0 Å². The Hall–Kier alpha value is -2.60. The van der Waals surface area contributed by atoms with Crippen molar-refractivity contribution in [2.24, 2.45) is 5.41 Å². The largest absolute Gasteiger partial charge is 0.454 e. The number of rotatable bonds is 7. The third-order valence-electron chi connectivity index (χ3n) is 5.34. The molecule has 164 valence electrons. The summed E-state index contributed by atoms with van der Waals surface area (Å²) in [5, 5.41) is 3.13. The molecule has 0 saturated carbocycles. The van der Waals surface area contributed by atoms with Crippen LogP contribution in [0.2, 0.25) is 0 Å². The van der Waals surface area contributed by atoms with E-state index in [0.29, 0.717) is 10.5 Å². The van der Waals surface area contributed by atoms with Gasteiger partial charge in [0.15, 0.2) is 12.4 Å². The molecule has 6 heteroatoms. The van der Waals surface area contributed by atoms with Crippen LogP contribution in [0.15, 0.2) is 53.4 Å². The smallest absolute Gasteiger partial charge is 0.339 e. The number of ketones is 1. The topological polar surface area (TPSA) is 72.5 Å². The SMILES string of the molecule is CC(C)(C)C(=O)COC(=O)c1ccccc1SCC(=O)N[C@@H]1CCCc2ccccc21. The summed E-state index contributed by atoms with van der Waals surface area (Å²) in [5.74, 6) is -0.567. The summed E-state index contributed by atoms with van der Waals surface area (Å²) in [5.41, 5.74) is 2.29. The van der Waals surface area contributed by atoms with Crippen LogP contribution in [-0.2, 0) is 20.7 Å². The number of thioether (sulfide) groups is 1. The molecule has 0 aromatic heterocycles. The van der Waals surface area contributed by atoms with Gasteiger partial charge in [0.2, 0.25) is 5.91 Å². The Labute approximate surface area is 187 Å². The van der Waals surface area contributed by atoms with Crippen molar-refractivity contribution in [1.29, 1.82) is 0 Å². The molecule has 0 aliphatic heterocycles. The van der Waals surface area contributed by atoms with Crippen LogP contribution in [0.5, 0.6) is 0 Å². The molecule has 0 heterocycles. The number of benzene rings is 2. The first-order valence-corrected chi connectivity index (χ1v) is 11.5. The molecule has 31 heavy (non-hydrogen) atoms. The Kier molecular flexibility index (Phi) is 7.55. The number of nitrogens with one attached hydrogen (secondary N) is 1. The monoisotopic (exact) mass is 439 g/mol. The second kappa shape index (κ2) is 10.1. The highest BCUT2D eigenvalue weighted by atomic mass is 32.2. The first-order valence-electron chi connectivity index (χ1n) is 10.5. The van der Waals surface area contributed by atoms with Crippen molar-refractivity contribution in [3.05, 3.63) is 65.2 Å². The zero-order chi connectivity index (χ0) is 22.4. The number of Topliss-reactive ketones (excluding diaryl/α,β-unsaturated/α-hetero) is 1. The predicted molar refractivity (Wildman–Crippen MR) is 122 cm³/mol. The number of ether oxygens (including phenoxy) is 1. The summed E-state index contributed by atoms with van der Waals surface area (Å²) in [6.45, 7) is 5.10. The lowest BCUT2D eigenvalue weighted by Crippen LogP contribution is -2.32. The van der Waals surface area contributed by atoms with Gasteiger partial charge < -0.3 is 10.1 Å². The van der Waals surface area contributed by atoms with Crippen molar-refractivity contribution in [2.75, 3.05) is 12.4 Å². The van der Waals surface area contributed by atoms with Gasteiger partial charge in [0.25, 0.3) is 0 Å². The van der Waals surface area contributed by atoms with Gasteiger partial charge in [0.1, 0.15) is 0 Å². The van der Waals surface area contributed by atoms with Crippen molar-refractivity contribution in [3.8, 4) is 0 Å². The van der Waals surface area contributed by atoms with E-state index in [1.54, 1.807) is 39.0 Å². The molecule has 0 bridgehead atoms. The average Bonchev–Trinajstić information content (AvgIpc) is 2.75. The molecule has 1 amide bonds. The minimum atomic E-state index is -0.565. The molecule has 0 radical (unpaired) electrons. The fraction of sp³-hybridized carbons (Fsp3) is 0.400. The molecular formula is C25H29NO4S. The number of hydrogen-bond donors (Lipinski definition) is 1. The Morgan fingerprint density at radius 2 is 1.77 bits per heavy atom. The molecule has 2 aromatic rings. The molecule has 0 spiro atoms. The minimum Gasteiger partial charge on any atom is -0.454 e. The summed E-state index contributed by atoms with van der Waals surface area (Å²) >= 11 is 1.30. The summed E-state index contributed by atoms with van der Waals surface area (Å²) in [6, 6.07) is 15.3. The van der Waals surface area contributed by atoms with Crippen molar-refractivity contribution >= 4 is 29.4 Å². The Morgan fingerprint density at radius 3 is 2.55 bits per heavy atom. The normalized spacial score (nSPS) is 15.6. The van der Waals surface area contributed by atoms with E-state index in [4.69, 9.17) is 4.74 Å². The molecule has 1 N–H and O–H groups in total. The van der Waals surface area contributed by atoms with Gasteiger partial charge in [-0.05, 0) is 42.5 Å². The van der Waals surface area contributed by atoms with Crippen LogP contribution in [-0.4, -0.2) is 30.0 Å². The van der Waals surface area contributed by atoms with Gasteiger partial charge in [-0.15, -0.1) is 11.8 Å². The Bertz CT molecular complexity index is 964. The summed E-state index contributed by atoms with van der Waals surface area (Å²) in [7, 11) is 0. The molecule has 1 atom stereocenters. The maximum absolute atomic E-state index is 12.6. The molecule has 0 fully saturated rings. The number of esters is 1. The fourth-order valence-corrected chi connectivity index (χ4v) is 4.32. The van der Waals surface area contributed by atoms with Crippen LogP contribution in [0, 0.1) is 5.41 Å². The Balaban J connectivity index is 1.58. The fourth-order valence-electron chi connectivity index (χ4n) is 3.47. The minimum absolute atomic E-state index is 0.0293. The number of amides is 1. The zero-order valence-corrected chi connectivity index (χ0v) is 19.1. The van der Waals surface area contributed by atoms with Crippen LogP contribution in [0.3, 0.4) is 0 Å². The maximum Gasteiger partial charge on any atom is 0.339 e. The molecule has 2 aromatic carbocycles. The van der Waals surface area contributed by atoms with E-state index >= 15 is 0 Å². The molecule has 0 saturated heterocycles. The summed E-state index contributed by atoms with van der Waals surface area (Å²) in [4.78, 5) is 37.8. The van der Waals surface area contributed by atoms with Gasteiger partial charge >= 0.3 is 5.97 Å². The number of aryl methyl sites for hydroxylation is 1. The van der Waals surface area contributed by atoms with Crippen LogP contribution in [0.1, 0.15) is 61.1 Å². The van der Waals surface area contributed by atoms with Crippen molar-refractivity contribution in [3.63, 3.8) is 0 Å². The maximum atomic E-state index is 12.6. The highest BCUT2D eigenvalue weighted by Crippen LogP contribution is 2.30. The van der Waals surface area contributed by atoms with Gasteiger partial charge in [-0.25, -0.2) is 4.79 Å². The van der Waals surface area contributed by atoms with Gasteiger partial charge in [0, 0.05) is 10.3 Å². The Morgan fingerprint density at radius 1 is 1.06 bits per heavy atom. The lowest BCUT2D eigenvalue weighted by molar-refractivity contribution is -0.129. The van der Waals surface area contributed by atoms with E-state index in [2.05, 4.69) is 17.4 Å². The first kappa shape index (κ1) is 23.1. The standard InChI is InChI=1S/C25H29NO4S/c1-25(2,3)22(27)15-30-24(29)19-12-6-7-14-21(19)31-16-23(28)26-20-13-8-10-17-9-4-5-11-18(17)20/h4-7,9,11-12,14,20H,8,10,13,15-16H2,1-3H3,(H,26,28)/t20-/m1/s1. The van der Waals surface area contributed by atoms with E-state index < -0.39 is 11.4 Å². The summed E-state index contributed by atoms with van der Waals surface area (Å²) in [6.07, 6.45) is 3.03. The highest BCUT2D eigenvalue weighted by Gasteiger charge is 2.24. The van der Waals surface area contributed by atoms with Crippen LogP contribution < -0.4 is 5.32 Å². The van der Waals surface area contributed by atoms with Crippen molar-refractivity contribution in [1.82, 2.24) is 5.32 Å². The second-order valence-corrected chi connectivity index (χ2v) is 9.76. The van der Waals surface area contributed by atoms with Crippen LogP contribution >= 0.6 is 11.8 Å². The van der Waals surface area contributed by atoms with Crippen molar-refractivity contribution in [2.45, 2.75) is 51.0 Å². The quantitative estimate of drug-likeness (QED) is 0.498. The molecular weight excluding hydrogens is 410 g/mol. The van der Waals surface area contributed by atoms with Crippen LogP contribution in [0.25, 0.3) is 0 Å². The number of carbonyl (C=O) groups excluding carboxylic acids is 3. The van der Waals surface area contributed by atoms with E-state index in [1.165, 1.54) is 22.9 Å². The molecule has 1 aliphatic carbocycles. The lowest BCUT2D eigenvalue weighted by Gasteiger charge is -2.26. The van der Waals surface area contributed by atoms with Gasteiger partial charge in [0.05, 0.1) is 17.4 Å². The van der Waals surface area contributed by atoms with E-state index in [9.17, 15) is 14.4 Å². The second-order valence-electron chi connectivity index (χ2n) is 8.75. The third kappa shape index (κ3) is 6.20. The molecule has 0 unspecified atom stereocenters. The zero-order valence-electron chi connectivity index (χ0n) is 18.3. The van der Waals surface area contributed by atoms with Crippen LogP contribution in [0.4, 0.5) is 0 Å². The highest BCUT2D eigenvalue weighted by molar-refractivity contribution is 8.00. The number of hydrogen-bond acceptors (Lipinski definition) is 5. The third-order valence-corrected chi connectivity index (χ3v) is 6.41. The molecule has 5 nitrogen and oxygen atoms in total. The first-order chi connectivity index (χ1) is 14.8. The molecule has 1 aliphatic rings. The molecule has 3 rings (SSSR count). The number of carbonyl (C=O) groups is 3. The van der Waals surface area contributed by atoms with Gasteiger partial charge in [-0.3, -0.25) is 9.59 Å². The van der Waals surface area contributed by atoms with E-state index in [-0.39, 0.29) is 30.1 Å². The van der Waals surface area contributed by atoms with Gasteiger partial charge in [-0.1, -0.05) is 57.2 Å². The lowest BCUT2D eigenvalue weighted by atomic mass is 9.88. The van der Waals surface area contributed by atoms with Crippen molar-refractivity contribution < 1.29 is 19.1 Å². The summed E-state index contributed by atoms with van der Waals surface area (Å²) < 4.78 is 5.22.